The molecule has 0 unspecified atom stereocenters. The highest BCUT2D eigenvalue weighted by atomic mass is 15.1. The second-order valence-corrected chi connectivity index (χ2v) is 3.23. The molecule has 2 rings (SSSR count). The number of nitrogens with zero attached hydrogens (tertiary/aromatic N) is 3. The lowest BCUT2D eigenvalue weighted by atomic mass is 10.2. The quantitative estimate of drug-likeness (QED) is 0.760. The number of rotatable bonds is 3. The topological polar surface area (TPSA) is 82.8 Å². The first-order chi connectivity index (χ1) is 7.31. The molecule has 0 atom stereocenters. The summed E-state index contributed by atoms with van der Waals surface area (Å²) in [7, 11) is 0. The number of aromatic nitrogens is 3. The minimum atomic E-state index is 0.517. The van der Waals surface area contributed by atoms with Crippen molar-refractivity contribution in [2.75, 3.05) is 12.3 Å². The molecule has 0 aliphatic carbocycles. The summed E-state index contributed by atoms with van der Waals surface area (Å²) in [6, 6.07) is 3.70. The third kappa shape index (κ3) is 1.97. The van der Waals surface area contributed by atoms with Crippen LogP contribution in [0.25, 0.3) is 11.3 Å². The van der Waals surface area contributed by atoms with E-state index in [1.165, 1.54) is 0 Å². The van der Waals surface area contributed by atoms with E-state index in [0.29, 0.717) is 12.4 Å². The molecule has 2 aromatic rings. The molecule has 4 N–H and O–H groups in total. The first kappa shape index (κ1) is 9.67. The maximum atomic E-state index is 5.52. The van der Waals surface area contributed by atoms with E-state index in [0.717, 1.165) is 17.8 Å². The number of hydrogen-bond donors (Lipinski definition) is 2. The standard InChI is InChI=1S/C10H13N5/c11-3-4-15-7-13-6-9(15)8-1-2-10(12)14-5-8/h1-2,5-7H,3-4,11H2,(H2,12,14). The van der Waals surface area contributed by atoms with Gasteiger partial charge in [0.05, 0.1) is 18.2 Å². The van der Waals surface area contributed by atoms with Crippen LogP contribution in [-0.4, -0.2) is 21.1 Å². The molecule has 0 radical (unpaired) electrons. The largest absolute Gasteiger partial charge is 0.384 e. The van der Waals surface area contributed by atoms with Crippen molar-refractivity contribution in [2.24, 2.45) is 5.73 Å². The molecular formula is C10H13N5. The van der Waals surface area contributed by atoms with Gasteiger partial charge in [-0.05, 0) is 12.1 Å². The summed E-state index contributed by atoms with van der Waals surface area (Å²) in [5.74, 6) is 0.517. The van der Waals surface area contributed by atoms with Crippen molar-refractivity contribution >= 4 is 5.82 Å². The maximum Gasteiger partial charge on any atom is 0.123 e. The predicted octanol–water partition coefficient (Wildman–Crippen LogP) is 0.486. The highest BCUT2D eigenvalue weighted by molar-refractivity contribution is 5.59. The Morgan fingerprint density at radius 2 is 2.13 bits per heavy atom. The van der Waals surface area contributed by atoms with Crippen LogP contribution in [0.3, 0.4) is 0 Å². The molecular weight excluding hydrogens is 190 g/mol. The van der Waals surface area contributed by atoms with E-state index in [-0.39, 0.29) is 0 Å². The van der Waals surface area contributed by atoms with Gasteiger partial charge in [0.2, 0.25) is 0 Å². The van der Waals surface area contributed by atoms with E-state index in [2.05, 4.69) is 9.97 Å². The second-order valence-electron chi connectivity index (χ2n) is 3.23. The lowest BCUT2D eigenvalue weighted by molar-refractivity contribution is 0.713. The fourth-order valence-corrected chi connectivity index (χ4v) is 1.44. The molecule has 5 heteroatoms. The van der Waals surface area contributed by atoms with Crippen LogP contribution in [0.5, 0.6) is 0 Å². The number of pyridine rings is 1. The Morgan fingerprint density at radius 1 is 1.27 bits per heavy atom. The van der Waals surface area contributed by atoms with Crippen molar-refractivity contribution in [1.29, 1.82) is 0 Å². The number of nitrogen functional groups attached to an aromatic ring is 1. The third-order valence-electron chi connectivity index (χ3n) is 2.16. The summed E-state index contributed by atoms with van der Waals surface area (Å²) in [5.41, 5.74) is 13.0. The molecule has 2 heterocycles. The molecule has 5 nitrogen and oxygen atoms in total. The lowest BCUT2D eigenvalue weighted by Crippen LogP contribution is -2.09. The average Bonchev–Trinajstić information content (AvgIpc) is 2.68. The van der Waals surface area contributed by atoms with Gasteiger partial charge in [-0.15, -0.1) is 0 Å². The molecule has 0 aromatic carbocycles. The summed E-state index contributed by atoms with van der Waals surface area (Å²) in [6.45, 7) is 1.34. The van der Waals surface area contributed by atoms with Crippen LogP contribution in [0.1, 0.15) is 0 Å². The van der Waals surface area contributed by atoms with Crippen molar-refractivity contribution in [3.63, 3.8) is 0 Å². The van der Waals surface area contributed by atoms with E-state index in [1.54, 1.807) is 24.8 Å². The molecule has 2 aromatic heterocycles. The summed E-state index contributed by atoms with van der Waals surface area (Å²) in [4.78, 5) is 8.13. The first-order valence-corrected chi connectivity index (χ1v) is 4.73. The fourth-order valence-electron chi connectivity index (χ4n) is 1.44. The summed E-state index contributed by atoms with van der Waals surface area (Å²) in [6.07, 6.45) is 5.29. The molecule has 0 saturated heterocycles. The Bertz CT molecular complexity index is 431. The summed E-state index contributed by atoms with van der Waals surface area (Å²) in [5, 5.41) is 0. The Labute approximate surface area is 87.8 Å². The zero-order chi connectivity index (χ0) is 10.7. The number of imidazole rings is 1. The number of anilines is 1. The van der Waals surface area contributed by atoms with Crippen LogP contribution >= 0.6 is 0 Å². The Balaban J connectivity index is 2.36. The number of nitrogens with two attached hydrogens (primary N) is 2. The normalized spacial score (nSPS) is 10.5. The highest BCUT2D eigenvalue weighted by Crippen LogP contribution is 2.18. The van der Waals surface area contributed by atoms with Crippen LogP contribution in [0.2, 0.25) is 0 Å². The van der Waals surface area contributed by atoms with E-state index in [1.807, 2.05) is 10.6 Å². The number of hydrogen-bond acceptors (Lipinski definition) is 4. The van der Waals surface area contributed by atoms with E-state index in [4.69, 9.17) is 11.5 Å². The van der Waals surface area contributed by atoms with Gasteiger partial charge >= 0.3 is 0 Å². The van der Waals surface area contributed by atoms with E-state index < -0.39 is 0 Å². The molecule has 0 aliphatic heterocycles. The lowest BCUT2D eigenvalue weighted by Gasteiger charge is -2.06. The van der Waals surface area contributed by atoms with E-state index in [9.17, 15) is 0 Å². The van der Waals surface area contributed by atoms with E-state index >= 15 is 0 Å². The van der Waals surface area contributed by atoms with Crippen LogP contribution in [0.15, 0.2) is 30.9 Å². The van der Waals surface area contributed by atoms with Crippen LogP contribution in [0.4, 0.5) is 5.82 Å². The SMILES string of the molecule is NCCn1cncc1-c1ccc(N)nc1. The van der Waals surface area contributed by atoms with Crippen molar-refractivity contribution < 1.29 is 0 Å². The fraction of sp³-hybridized carbons (Fsp3) is 0.200. The molecule has 0 saturated carbocycles. The third-order valence-corrected chi connectivity index (χ3v) is 2.16. The average molecular weight is 203 g/mol. The molecule has 0 spiro atoms. The molecule has 15 heavy (non-hydrogen) atoms. The predicted molar refractivity (Wildman–Crippen MR) is 58.9 cm³/mol. The Morgan fingerprint density at radius 3 is 2.80 bits per heavy atom. The molecule has 78 valence electrons. The maximum absolute atomic E-state index is 5.52. The smallest absolute Gasteiger partial charge is 0.123 e. The van der Waals surface area contributed by atoms with Gasteiger partial charge < -0.3 is 16.0 Å². The summed E-state index contributed by atoms with van der Waals surface area (Å²) < 4.78 is 1.99. The minimum Gasteiger partial charge on any atom is -0.384 e. The van der Waals surface area contributed by atoms with Crippen LogP contribution in [-0.2, 0) is 6.54 Å². The zero-order valence-electron chi connectivity index (χ0n) is 8.30. The zero-order valence-corrected chi connectivity index (χ0v) is 8.30. The van der Waals surface area contributed by atoms with Gasteiger partial charge in [-0.3, -0.25) is 0 Å². The highest BCUT2D eigenvalue weighted by Gasteiger charge is 2.04. The van der Waals surface area contributed by atoms with Crippen LogP contribution in [0, 0.1) is 0 Å². The molecule has 0 aliphatic rings. The molecule has 0 amide bonds. The Hall–Kier alpha value is -1.88. The van der Waals surface area contributed by atoms with Crippen molar-refractivity contribution in [2.45, 2.75) is 6.54 Å². The van der Waals surface area contributed by atoms with Gasteiger partial charge in [-0.25, -0.2) is 9.97 Å². The monoisotopic (exact) mass is 203 g/mol. The van der Waals surface area contributed by atoms with Crippen molar-refractivity contribution in [3.8, 4) is 11.3 Å². The van der Waals surface area contributed by atoms with Crippen molar-refractivity contribution in [3.05, 3.63) is 30.9 Å². The van der Waals surface area contributed by atoms with Crippen molar-refractivity contribution in [1.82, 2.24) is 14.5 Å². The molecule has 0 bridgehead atoms. The minimum absolute atomic E-state index is 0.517. The van der Waals surface area contributed by atoms with Gasteiger partial charge in [0.25, 0.3) is 0 Å². The van der Waals surface area contributed by atoms with Gasteiger partial charge in [0, 0.05) is 24.8 Å². The van der Waals surface area contributed by atoms with Gasteiger partial charge in [0.1, 0.15) is 5.82 Å². The summed E-state index contributed by atoms with van der Waals surface area (Å²) >= 11 is 0. The van der Waals surface area contributed by atoms with Crippen LogP contribution < -0.4 is 11.5 Å². The molecule has 0 fully saturated rings. The second kappa shape index (κ2) is 4.10. The Kier molecular flexibility index (Phi) is 2.64. The van der Waals surface area contributed by atoms with Gasteiger partial charge in [-0.2, -0.15) is 0 Å². The van der Waals surface area contributed by atoms with Gasteiger partial charge in [0.15, 0.2) is 0 Å². The first-order valence-electron chi connectivity index (χ1n) is 4.73. The van der Waals surface area contributed by atoms with Gasteiger partial charge in [-0.1, -0.05) is 0 Å².